The highest BCUT2D eigenvalue weighted by molar-refractivity contribution is 8.00. The van der Waals surface area contributed by atoms with Gasteiger partial charge in [-0.1, -0.05) is 11.8 Å². The Morgan fingerprint density at radius 2 is 2.33 bits per heavy atom. The van der Waals surface area contributed by atoms with Gasteiger partial charge in [0.25, 0.3) is 0 Å². The lowest BCUT2D eigenvalue weighted by Crippen LogP contribution is -2.30. The molecule has 1 aromatic rings. The number of ether oxygens (including phenoxy) is 1. The number of thioether (sulfide) groups is 1. The normalized spacial score (nSPS) is 16.1. The first-order chi connectivity index (χ1) is 7.15. The van der Waals surface area contributed by atoms with Gasteiger partial charge in [0.2, 0.25) is 0 Å². The molecule has 0 atom stereocenters. The number of rotatable bonds is 3. The minimum atomic E-state index is -0.910. The van der Waals surface area contributed by atoms with Gasteiger partial charge in [-0.3, -0.25) is 0 Å². The molecule has 80 valence electrons. The molecule has 2 rings (SSSR count). The first-order valence-corrected chi connectivity index (χ1v) is 5.49. The Morgan fingerprint density at radius 1 is 1.60 bits per heavy atom. The maximum atomic E-state index is 10.8. The number of hydrogen-bond donors (Lipinski definition) is 1. The third kappa shape index (κ3) is 2.49. The maximum Gasteiger partial charge on any atom is 0.335 e. The summed E-state index contributed by atoms with van der Waals surface area (Å²) in [6.45, 7) is 3.25. The summed E-state index contributed by atoms with van der Waals surface area (Å²) in [7, 11) is 0. The van der Waals surface area contributed by atoms with Crippen LogP contribution >= 0.6 is 11.8 Å². The zero-order chi connectivity index (χ0) is 10.8. The third-order valence-electron chi connectivity index (χ3n) is 2.07. The zero-order valence-electron chi connectivity index (χ0n) is 8.27. The fourth-order valence-corrected chi connectivity index (χ4v) is 2.34. The highest BCUT2D eigenvalue weighted by Crippen LogP contribution is 2.27. The minimum absolute atomic E-state index is 0.297. The van der Waals surface area contributed by atoms with E-state index in [9.17, 15) is 4.79 Å². The van der Waals surface area contributed by atoms with Crippen molar-refractivity contribution in [3.05, 3.63) is 23.4 Å². The van der Waals surface area contributed by atoms with Crippen LogP contribution in [-0.4, -0.2) is 34.5 Å². The van der Waals surface area contributed by atoms with E-state index in [4.69, 9.17) is 9.84 Å². The van der Waals surface area contributed by atoms with Crippen molar-refractivity contribution in [3.8, 4) is 0 Å². The number of pyridine rings is 1. The smallest absolute Gasteiger partial charge is 0.335 e. The summed E-state index contributed by atoms with van der Waals surface area (Å²) in [5.74, 6) is -0.910. The second kappa shape index (κ2) is 4.20. The van der Waals surface area contributed by atoms with E-state index in [1.54, 1.807) is 30.8 Å². The molecule has 15 heavy (non-hydrogen) atoms. The van der Waals surface area contributed by atoms with E-state index in [1.807, 2.05) is 0 Å². The molecule has 2 heterocycles. The van der Waals surface area contributed by atoms with Crippen LogP contribution in [0.1, 0.15) is 16.1 Å². The molecule has 1 fully saturated rings. The van der Waals surface area contributed by atoms with E-state index in [1.165, 1.54) is 0 Å². The van der Waals surface area contributed by atoms with E-state index in [0.717, 1.165) is 23.9 Å². The molecule has 0 saturated carbocycles. The third-order valence-corrected chi connectivity index (χ3v) is 3.13. The Hall–Kier alpha value is -1.07. The highest BCUT2D eigenvalue weighted by atomic mass is 32.2. The van der Waals surface area contributed by atoms with Gasteiger partial charge < -0.3 is 9.84 Å². The van der Waals surface area contributed by atoms with E-state index in [2.05, 4.69) is 4.98 Å². The fourth-order valence-electron chi connectivity index (χ4n) is 1.27. The van der Waals surface area contributed by atoms with Crippen molar-refractivity contribution in [2.45, 2.75) is 17.2 Å². The lowest BCUT2D eigenvalue weighted by Gasteiger charge is -2.24. The number of nitrogens with zero attached hydrogens (tertiary/aromatic N) is 1. The zero-order valence-corrected chi connectivity index (χ0v) is 9.08. The van der Waals surface area contributed by atoms with Crippen molar-refractivity contribution < 1.29 is 14.6 Å². The molecule has 1 aromatic heterocycles. The molecule has 0 aliphatic carbocycles. The van der Waals surface area contributed by atoms with Crippen molar-refractivity contribution >= 4 is 17.7 Å². The van der Waals surface area contributed by atoms with Gasteiger partial charge in [0, 0.05) is 5.69 Å². The van der Waals surface area contributed by atoms with Crippen LogP contribution in [0.3, 0.4) is 0 Å². The molecule has 1 saturated heterocycles. The molecule has 0 radical (unpaired) electrons. The Kier molecular flexibility index (Phi) is 2.93. The highest BCUT2D eigenvalue weighted by Gasteiger charge is 2.20. The molecule has 1 aliphatic heterocycles. The maximum absolute atomic E-state index is 10.8. The number of hydrogen-bond acceptors (Lipinski definition) is 4. The van der Waals surface area contributed by atoms with Gasteiger partial charge in [-0.25, -0.2) is 9.78 Å². The molecule has 0 unspecified atom stereocenters. The van der Waals surface area contributed by atoms with Crippen LogP contribution in [-0.2, 0) is 4.74 Å². The number of aromatic carboxylic acids is 1. The molecular formula is C10H11NO3S. The predicted molar refractivity (Wildman–Crippen MR) is 56.4 cm³/mol. The van der Waals surface area contributed by atoms with Crippen molar-refractivity contribution in [1.82, 2.24) is 4.98 Å². The summed E-state index contributed by atoms with van der Waals surface area (Å²) < 4.78 is 5.05. The summed E-state index contributed by atoms with van der Waals surface area (Å²) in [6.07, 6.45) is 0. The molecule has 1 N–H and O–H groups in total. The van der Waals surface area contributed by atoms with Gasteiger partial charge in [0.15, 0.2) is 0 Å². The van der Waals surface area contributed by atoms with Crippen LogP contribution in [0.4, 0.5) is 0 Å². The fraction of sp³-hybridized carbons (Fsp3) is 0.400. The van der Waals surface area contributed by atoms with Gasteiger partial charge >= 0.3 is 5.97 Å². The summed E-state index contributed by atoms with van der Waals surface area (Å²) in [5.41, 5.74) is 1.03. The molecule has 0 spiro atoms. The number of aryl methyl sites for hydroxylation is 1. The topological polar surface area (TPSA) is 59.4 Å². The second-order valence-electron chi connectivity index (χ2n) is 3.42. The molecule has 0 bridgehead atoms. The van der Waals surface area contributed by atoms with Gasteiger partial charge in [-0.15, -0.1) is 0 Å². The van der Waals surface area contributed by atoms with Crippen molar-refractivity contribution in [2.75, 3.05) is 13.2 Å². The van der Waals surface area contributed by atoms with E-state index in [-0.39, 0.29) is 0 Å². The number of aromatic nitrogens is 1. The molecule has 4 nitrogen and oxygen atoms in total. The Labute approximate surface area is 91.7 Å². The van der Waals surface area contributed by atoms with Crippen LogP contribution in [0.5, 0.6) is 0 Å². The lowest BCUT2D eigenvalue weighted by atomic mass is 10.2. The van der Waals surface area contributed by atoms with Gasteiger partial charge in [0.05, 0.1) is 29.1 Å². The van der Waals surface area contributed by atoms with Crippen molar-refractivity contribution in [3.63, 3.8) is 0 Å². The number of carboxylic acids is 1. The van der Waals surface area contributed by atoms with Crippen LogP contribution in [0.2, 0.25) is 0 Å². The Morgan fingerprint density at radius 3 is 2.87 bits per heavy atom. The average molecular weight is 225 g/mol. The second-order valence-corrected chi connectivity index (χ2v) is 4.74. The number of carbonyl (C=O) groups is 1. The number of carboxylic acid groups (broad SMARTS) is 1. The first-order valence-electron chi connectivity index (χ1n) is 4.61. The summed E-state index contributed by atoms with van der Waals surface area (Å²) in [4.78, 5) is 15.1. The minimum Gasteiger partial charge on any atom is -0.478 e. The molecule has 0 amide bonds. The van der Waals surface area contributed by atoms with Gasteiger partial charge in [-0.05, 0) is 19.1 Å². The molecular weight excluding hydrogens is 214 g/mol. The van der Waals surface area contributed by atoms with E-state index in [0.29, 0.717) is 10.8 Å². The summed E-state index contributed by atoms with van der Waals surface area (Å²) in [5, 5.41) is 10.1. The Bertz CT molecular complexity index is 390. The standard InChI is InChI=1S/C10H11NO3S/c1-6-2-7(10(12)13)3-9(11-6)15-8-4-14-5-8/h2-3,8H,4-5H2,1H3,(H,12,13). The Balaban J connectivity index is 2.18. The van der Waals surface area contributed by atoms with Crippen LogP contribution in [0.15, 0.2) is 17.2 Å². The van der Waals surface area contributed by atoms with Crippen LogP contribution < -0.4 is 0 Å². The van der Waals surface area contributed by atoms with Crippen LogP contribution in [0, 0.1) is 6.92 Å². The summed E-state index contributed by atoms with van der Waals surface area (Å²) in [6, 6.07) is 3.18. The van der Waals surface area contributed by atoms with E-state index < -0.39 is 5.97 Å². The summed E-state index contributed by atoms with van der Waals surface area (Å²) >= 11 is 1.58. The monoisotopic (exact) mass is 225 g/mol. The average Bonchev–Trinajstić information content (AvgIpc) is 2.10. The molecule has 0 aromatic carbocycles. The van der Waals surface area contributed by atoms with Gasteiger partial charge in [0.1, 0.15) is 0 Å². The SMILES string of the molecule is Cc1cc(C(=O)O)cc(SC2COC2)n1. The lowest BCUT2D eigenvalue weighted by molar-refractivity contribution is 0.0454. The van der Waals surface area contributed by atoms with E-state index >= 15 is 0 Å². The molecule has 1 aliphatic rings. The molecule has 5 heteroatoms. The quantitative estimate of drug-likeness (QED) is 0.846. The first kappa shape index (κ1) is 10.4. The van der Waals surface area contributed by atoms with Gasteiger partial charge in [-0.2, -0.15) is 0 Å². The van der Waals surface area contributed by atoms with Crippen molar-refractivity contribution in [1.29, 1.82) is 0 Å². The largest absolute Gasteiger partial charge is 0.478 e. The van der Waals surface area contributed by atoms with Crippen molar-refractivity contribution in [2.24, 2.45) is 0 Å². The predicted octanol–water partition coefficient (Wildman–Crippen LogP) is 1.58. The van der Waals surface area contributed by atoms with Crippen LogP contribution in [0.25, 0.3) is 0 Å².